The number of piperidine rings is 1. The third-order valence-corrected chi connectivity index (χ3v) is 4.22. The van der Waals surface area contributed by atoms with Crippen molar-refractivity contribution in [2.75, 3.05) is 13.1 Å². The Hall–Kier alpha value is -1.06. The topological polar surface area (TPSA) is 38.3 Å². The van der Waals surface area contributed by atoms with Crippen LogP contribution in [0.15, 0.2) is 24.3 Å². The molecular formula is C16H22ClNO2. The van der Waals surface area contributed by atoms with E-state index in [1.807, 2.05) is 24.3 Å². The zero-order chi connectivity index (χ0) is 14.4. The van der Waals surface area contributed by atoms with Crippen molar-refractivity contribution in [3.8, 4) is 0 Å². The number of carbonyl (C=O) groups excluding carboxylic acids is 1. The molecule has 1 aliphatic heterocycles. The molecule has 0 unspecified atom stereocenters. The van der Waals surface area contributed by atoms with Crippen molar-refractivity contribution in [2.45, 2.75) is 39.2 Å². The predicted octanol–water partition coefficient (Wildman–Crippen LogP) is 3.55. The summed E-state index contributed by atoms with van der Waals surface area (Å²) in [4.78, 5) is 12.5. The van der Waals surface area contributed by atoms with E-state index in [0.29, 0.717) is 11.6 Å². The maximum absolute atomic E-state index is 12.5. The van der Waals surface area contributed by atoms with Crippen LogP contribution in [0.1, 0.15) is 38.2 Å². The number of rotatable bonds is 5. The zero-order valence-corrected chi connectivity index (χ0v) is 12.7. The Morgan fingerprint density at radius 1 is 1.40 bits per heavy atom. The number of hydrogen-bond donors (Lipinski definition) is 1. The Balaban J connectivity index is 1.98. The van der Waals surface area contributed by atoms with Crippen LogP contribution in [-0.4, -0.2) is 19.1 Å². The van der Waals surface area contributed by atoms with Gasteiger partial charge >= 0.3 is 5.97 Å². The van der Waals surface area contributed by atoms with Crippen LogP contribution in [0.25, 0.3) is 0 Å². The van der Waals surface area contributed by atoms with Crippen LogP contribution in [-0.2, 0) is 16.1 Å². The van der Waals surface area contributed by atoms with Crippen molar-refractivity contribution in [1.29, 1.82) is 0 Å². The molecule has 1 aromatic rings. The quantitative estimate of drug-likeness (QED) is 0.844. The second-order valence-electron chi connectivity index (χ2n) is 5.49. The van der Waals surface area contributed by atoms with Crippen LogP contribution in [0.5, 0.6) is 0 Å². The van der Waals surface area contributed by atoms with Gasteiger partial charge < -0.3 is 10.1 Å². The van der Waals surface area contributed by atoms with Crippen LogP contribution >= 0.6 is 11.6 Å². The van der Waals surface area contributed by atoms with Crippen molar-refractivity contribution in [2.24, 2.45) is 5.41 Å². The van der Waals surface area contributed by atoms with Gasteiger partial charge in [0.15, 0.2) is 0 Å². The molecule has 1 saturated heterocycles. The van der Waals surface area contributed by atoms with Gasteiger partial charge in [-0.25, -0.2) is 0 Å². The van der Waals surface area contributed by atoms with E-state index in [4.69, 9.17) is 16.3 Å². The minimum Gasteiger partial charge on any atom is -0.460 e. The molecule has 0 aliphatic carbocycles. The third kappa shape index (κ3) is 3.74. The van der Waals surface area contributed by atoms with Crippen LogP contribution in [0.4, 0.5) is 0 Å². The minimum absolute atomic E-state index is 0.0548. The van der Waals surface area contributed by atoms with E-state index in [0.717, 1.165) is 44.3 Å². The maximum Gasteiger partial charge on any atom is 0.312 e. The first kappa shape index (κ1) is 15.3. The molecule has 1 heterocycles. The first-order chi connectivity index (χ1) is 9.66. The summed E-state index contributed by atoms with van der Waals surface area (Å²) in [6.45, 7) is 4.21. The Bertz CT molecular complexity index is 450. The van der Waals surface area contributed by atoms with Crippen LogP contribution in [0.2, 0.25) is 5.02 Å². The van der Waals surface area contributed by atoms with Crippen LogP contribution < -0.4 is 5.32 Å². The average Bonchev–Trinajstić information content (AvgIpc) is 2.46. The standard InChI is InChI=1S/C16H22ClNO2/c1-2-6-16(7-9-18-10-8-16)15(19)20-12-13-4-3-5-14(17)11-13/h3-5,11,18H,2,6-10,12H2,1H3. The highest BCUT2D eigenvalue weighted by Crippen LogP contribution is 2.35. The highest BCUT2D eigenvalue weighted by molar-refractivity contribution is 6.30. The number of carbonyl (C=O) groups is 1. The lowest BCUT2D eigenvalue weighted by atomic mass is 9.75. The van der Waals surface area contributed by atoms with E-state index in [9.17, 15) is 4.79 Å². The van der Waals surface area contributed by atoms with Gasteiger partial charge in [-0.05, 0) is 50.0 Å². The molecule has 0 spiro atoms. The second-order valence-corrected chi connectivity index (χ2v) is 5.92. The lowest BCUT2D eigenvalue weighted by Gasteiger charge is -2.35. The predicted molar refractivity (Wildman–Crippen MR) is 80.7 cm³/mol. The van der Waals surface area contributed by atoms with Gasteiger partial charge in [-0.3, -0.25) is 4.79 Å². The van der Waals surface area contributed by atoms with Crippen LogP contribution in [0, 0.1) is 5.41 Å². The van der Waals surface area contributed by atoms with Gasteiger partial charge in [0.25, 0.3) is 0 Å². The molecule has 1 fully saturated rings. The summed E-state index contributed by atoms with van der Waals surface area (Å²) in [7, 11) is 0. The van der Waals surface area contributed by atoms with Crippen LogP contribution in [0.3, 0.4) is 0 Å². The summed E-state index contributed by atoms with van der Waals surface area (Å²) in [5.74, 6) is -0.0548. The fraction of sp³-hybridized carbons (Fsp3) is 0.562. The molecular weight excluding hydrogens is 274 g/mol. The number of nitrogens with one attached hydrogen (secondary N) is 1. The molecule has 0 bridgehead atoms. The van der Waals surface area contributed by atoms with Gasteiger partial charge in [-0.15, -0.1) is 0 Å². The van der Waals surface area contributed by atoms with Crippen molar-refractivity contribution in [3.63, 3.8) is 0 Å². The SMILES string of the molecule is CCCC1(C(=O)OCc2cccc(Cl)c2)CCNCC1. The van der Waals surface area contributed by atoms with Gasteiger partial charge in [0.1, 0.15) is 6.61 Å². The maximum atomic E-state index is 12.5. The molecule has 0 radical (unpaired) electrons. The summed E-state index contributed by atoms with van der Waals surface area (Å²) in [5.41, 5.74) is 0.643. The van der Waals surface area contributed by atoms with E-state index in [-0.39, 0.29) is 11.4 Å². The summed E-state index contributed by atoms with van der Waals surface area (Å²) in [6, 6.07) is 7.45. The third-order valence-electron chi connectivity index (χ3n) is 3.98. The minimum atomic E-state index is -0.293. The van der Waals surface area contributed by atoms with Gasteiger partial charge in [0.2, 0.25) is 0 Å². The first-order valence-corrected chi connectivity index (χ1v) is 7.66. The number of benzene rings is 1. The number of halogens is 1. The molecule has 20 heavy (non-hydrogen) atoms. The normalized spacial score (nSPS) is 17.7. The molecule has 0 atom stereocenters. The molecule has 0 amide bonds. The second kappa shape index (κ2) is 7.09. The Kier molecular flexibility index (Phi) is 5.44. The molecule has 0 saturated carbocycles. The van der Waals surface area contributed by atoms with Crippen molar-refractivity contribution in [3.05, 3.63) is 34.9 Å². The van der Waals surface area contributed by atoms with Gasteiger partial charge in [-0.1, -0.05) is 37.1 Å². The average molecular weight is 296 g/mol. The molecule has 0 aromatic heterocycles. The Labute approximate surface area is 125 Å². The highest BCUT2D eigenvalue weighted by atomic mass is 35.5. The van der Waals surface area contributed by atoms with E-state index < -0.39 is 0 Å². The molecule has 1 aromatic carbocycles. The van der Waals surface area contributed by atoms with E-state index in [2.05, 4.69) is 12.2 Å². The fourth-order valence-electron chi connectivity index (χ4n) is 2.87. The highest BCUT2D eigenvalue weighted by Gasteiger charge is 2.39. The van der Waals surface area contributed by atoms with E-state index in [1.54, 1.807) is 0 Å². The molecule has 110 valence electrons. The summed E-state index contributed by atoms with van der Waals surface area (Å²) in [5, 5.41) is 3.98. The lowest BCUT2D eigenvalue weighted by molar-refractivity contribution is -0.159. The summed E-state index contributed by atoms with van der Waals surface area (Å²) < 4.78 is 5.55. The van der Waals surface area contributed by atoms with Gasteiger partial charge in [0.05, 0.1) is 5.41 Å². The summed E-state index contributed by atoms with van der Waals surface area (Å²) in [6.07, 6.45) is 3.65. The molecule has 1 aliphatic rings. The van der Waals surface area contributed by atoms with E-state index in [1.165, 1.54) is 0 Å². The molecule has 3 nitrogen and oxygen atoms in total. The summed E-state index contributed by atoms with van der Waals surface area (Å²) >= 11 is 5.94. The first-order valence-electron chi connectivity index (χ1n) is 7.29. The number of ether oxygens (including phenoxy) is 1. The molecule has 1 N–H and O–H groups in total. The lowest BCUT2D eigenvalue weighted by Crippen LogP contribution is -2.43. The largest absolute Gasteiger partial charge is 0.460 e. The van der Waals surface area contributed by atoms with Crippen molar-refractivity contribution >= 4 is 17.6 Å². The Morgan fingerprint density at radius 2 is 2.15 bits per heavy atom. The van der Waals surface area contributed by atoms with Crippen molar-refractivity contribution in [1.82, 2.24) is 5.32 Å². The van der Waals surface area contributed by atoms with Gasteiger partial charge in [0, 0.05) is 5.02 Å². The van der Waals surface area contributed by atoms with E-state index >= 15 is 0 Å². The zero-order valence-electron chi connectivity index (χ0n) is 12.0. The molecule has 2 rings (SSSR count). The Morgan fingerprint density at radius 3 is 2.80 bits per heavy atom. The monoisotopic (exact) mass is 295 g/mol. The fourth-order valence-corrected chi connectivity index (χ4v) is 3.08. The smallest absolute Gasteiger partial charge is 0.312 e. The van der Waals surface area contributed by atoms with Crippen molar-refractivity contribution < 1.29 is 9.53 Å². The van der Waals surface area contributed by atoms with Gasteiger partial charge in [-0.2, -0.15) is 0 Å². The number of esters is 1. The number of hydrogen-bond acceptors (Lipinski definition) is 3. The molecule has 4 heteroatoms.